The molecule has 2 saturated carbocycles. The average molecular weight is 286 g/mol. The van der Waals surface area contributed by atoms with Gasteiger partial charge in [0.05, 0.1) is 5.69 Å². The smallest absolute Gasteiger partial charge is 0.136 e. The second kappa shape index (κ2) is 3.24. The molecule has 2 fully saturated rings. The molecule has 1 spiro atoms. The molecule has 3 atom stereocenters. The Morgan fingerprint density at radius 2 is 2.09 bits per heavy atom. The molecule has 3 heterocycles. The van der Waals surface area contributed by atoms with Crippen LogP contribution in [-0.4, -0.2) is 15.2 Å². The lowest BCUT2D eigenvalue weighted by atomic mass is 9.91. The first-order valence-corrected chi connectivity index (χ1v) is 7.69. The van der Waals surface area contributed by atoms with Crippen LogP contribution in [0.1, 0.15) is 17.9 Å². The van der Waals surface area contributed by atoms with Gasteiger partial charge in [-0.1, -0.05) is 12.1 Å². The van der Waals surface area contributed by atoms with Gasteiger partial charge >= 0.3 is 0 Å². The Morgan fingerprint density at radius 3 is 3.00 bits per heavy atom. The van der Waals surface area contributed by atoms with Gasteiger partial charge in [-0.25, -0.2) is 9.98 Å². The van der Waals surface area contributed by atoms with Crippen LogP contribution in [0.5, 0.6) is 0 Å². The molecule has 0 bridgehead atoms. The van der Waals surface area contributed by atoms with Gasteiger partial charge in [-0.05, 0) is 47.2 Å². The highest BCUT2D eigenvalue weighted by Crippen LogP contribution is 2.86. The quantitative estimate of drug-likeness (QED) is 0.747. The lowest BCUT2D eigenvalue weighted by Gasteiger charge is -2.20. The summed E-state index contributed by atoms with van der Waals surface area (Å²) in [5.74, 6) is 2.27. The molecule has 2 aromatic heterocycles. The molecule has 4 nitrogen and oxygen atoms in total. The number of nitrogens with two attached hydrogens (primary N) is 1. The Morgan fingerprint density at radius 1 is 1.18 bits per heavy atom. The molecule has 3 aromatic rings. The third-order valence-corrected chi connectivity index (χ3v) is 5.71. The highest BCUT2D eigenvalue weighted by Gasteiger charge is 2.82. The minimum atomic E-state index is 0.268. The predicted molar refractivity (Wildman–Crippen MR) is 85.2 cm³/mol. The van der Waals surface area contributed by atoms with E-state index >= 15 is 0 Å². The molecule has 2 unspecified atom stereocenters. The van der Waals surface area contributed by atoms with E-state index in [2.05, 4.69) is 35.4 Å². The predicted octanol–water partition coefficient (Wildman–Crippen LogP) is 3.11. The van der Waals surface area contributed by atoms with Gasteiger partial charge < -0.3 is 10.1 Å². The lowest BCUT2D eigenvalue weighted by Crippen LogP contribution is -2.23. The first kappa shape index (κ1) is 11.0. The van der Waals surface area contributed by atoms with Crippen LogP contribution in [0.4, 0.5) is 5.69 Å². The Labute approximate surface area is 127 Å². The maximum atomic E-state index is 6.20. The van der Waals surface area contributed by atoms with Crippen molar-refractivity contribution in [1.29, 1.82) is 0 Å². The van der Waals surface area contributed by atoms with E-state index in [1.807, 2.05) is 22.9 Å². The summed E-state index contributed by atoms with van der Waals surface area (Å²) in [4.78, 5) is 8.98. The highest BCUT2D eigenvalue weighted by molar-refractivity contribution is 6.00. The van der Waals surface area contributed by atoms with Crippen molar-refractivity contribution in [3.63, 3.8) is 0 Å². The normalized spacial score (nSPS) is 30.3. The molecular weight excluding hydrogens is 272 g/mol. The standard InChI is InChI=1S/C18H14N4/c19-17-18-8-13(18)16(18)12-3-1-10(7-14(12)21-17)11-2-4-15-20-5-6-22(15)9-11/h1-7,9,13,16H,8H2,(H2,19,21)/t13?,16-,18?/m0/s1. The number of imidazole rings is 1. The van der Waals surface area contributed by atoms with Gasteiger partial charge in [0.25, 0.3) is 0 Å². The summed E-state index contributed by atoms with van der Waals surface area (Å²) in [6.45, 7) is 0. The van der Waals surface area contributed by atoms with Crippen molar-refractivity contribution in [2.75, 3.05) is 0 Å². The number of hydrogen-bond acceptors (Lipinski definition) is 3. The van der Waals surface area contributed by atoms with E-state index in [0.717, 1.165) is 23.1 Å². The highest BCUT2D eigenvalue weighted by atomic mass is 15.0. The number of aliphatic imine (C=N–C) groups is 1. The number of fused-ring (bicyclic) bond motifs is 4. The monoisotopic (exact) mass is 286 g/mol. The van der Waals surface area contributed by atoms with E-state index in [1.54, 1.807) is 0 Å². The van der Waals surface area contributed by atoms with Gasteiger partial charge in [0.15, 0.2) is 0 Å². The zero-order chi connectivity index (χ0) is 14.5. The second-order valence-electron chi connectivity index (χ2n) is 6.71. The fraction of sp³-hybridized carbons (Fsp3) is 0.222. The molecule has 0 radical (unpaired) electrons. The van der Waals surface area contributed by atoms with Crippen LogP contribution in [-0.2, 0) is 0 Å². The van der Waals surface area contributed by atoms with Crippen LogP contribution in [0.2, 0.25) is 0 Å². The molecule has 6 rings (SSSR count). The summed E-state index contributed by atoms with van der Waals surface area (Å²) in [6, 6.07) is 10.8. The minimum absolute atomic E-state index is 0.268. The number of nitrogens with zero attached hydrogens (tertiary/aromatic N) is 3. The van der Waals surface area contributed by atoms with Gasteiger partial charge in [-0.2, -0.15) is 0 Å². The summed E-state index contributed by atoms with van der Waals surface area (Å²) in [7, 11) is 0. The van der Waals surface area contributed by atoms with E-state index in [4.69, 9.17) is 10.7 Å². The maximum Gasteiger partial charge on any atom is 0.136 e. The van der Waals surface area contributed by atoms with Gasteiger partial charge in [0.2, 0.25) is 0 Å². The van der Waals surface area contributed by atoms with Gasteiger partial charge in [-0.3, -0.25) is 0 Å². The molecule has 22 heavy (non-hydrogen) atoms. The Kier molecular flexibility index (Phi) is 1.62. The summed E-state index contributed by atoms with van der Waals surface area (Å²) in [5.41, 5.74) is 12.2. The molecular formula is C18H14N4. The van der Waals surface area contributed by atoms with Crippen LogP contribution in [0.15, 0.2) is 53.9 Å². The summed E-state index contributed by atoms with van der Waals surface area (Å²) in [5, 5.41) is 0. The summed E-state index contributed by atoms with van der Waals surface area (Å²) >= 11 is 0. The Hall–Kier alpha value is -2.62. The second-order valence-corrected chi connectivity index (χ2v) is 6.71. The van der Waals surface area contributed by atoms with Crippen molar-refractivity contribution in [3.8, 4) is 11.1 Å². The first-order chi connectivity index (χ1) is 10.8. The Balaban J connectivity index is 1.51. The number of pyridine rings is 1. The summed E-state index contributed by atoms with van der Waals surface area (Å²) < 4.78 is 2.04. The van der Waals surface area contributed by atoms with Crippen molar-refractivity contribution in [2.24, 2.45) is 22.1 Å². The summed E-state index contributed by atoms with van der Waals surface area (Å²) in [6.07, 6.45) is 7.13. The minimum Gasteiger partial charge on any atom is -0.387 e. The Bertz CT molecular complexity index is 999. The fourth-order valence-electron chi connectivity index (χ4n) is 4.26. The van der Waals surface area contributed by atoms with Crippen LogP contribution in [0.25, 0.3) is 16.8 Å². The largest absolute Gasteiger partial charge is 0.387 e. The van der Waals surface area contributed by atoms with E-state index in [1.165, 1.54) is 23.1 Å². The van der Waals surface area contributed by atoms with Crippen molar-refractivity contribution in [2.45, 2.75) is 12.3 Å². The van der Waals surface area contributed by atoms with E-state index in [-0.39, 0.29) is 5.41 Å². The number of rotatable bonds is 1. The zero-order valence-electron chi connectivity index (χ0n) is 11.9. The molecule has 2 aliphatic carbocycles. The molecule has 0 amide bonds. The fourth-order valence-corrected chi connectivity index (χ4v) is 4.26. The number of hydrogen-bond donors (Lipinski definition) is 1. The van der Waals surface area contributed by atoms with Crippen molar-refractivity contribution >= 4 is 17.2 Å². The third-order valence-electron chi connectivity index (χ3n) is 5.71. The van der Waals surface area contributed by atoms with Crippen LogP contribution in [0.3, 0.4) is 0 Å². The van der Waals surface area contributed by atoms with Crippen molar-refractivity contribution < 1.29 is 0 Å². The van der Waals surface area contributed by atoms with E-state index in [9.17, 15) is 0 Å². The molecule has 2 N–H and O–H groups in total. The average Bonchev–Trinajstić information content (AvgIpc) is 3.34. The first-order valence-electron chi connectivity index (χ1n) is 7.69. The van der Waals surface area contributed by atoms with Gasteiger partial charge in [-0.15, -0.1) is 0 Å². The van der Waals surface area contributed by atoms with Gasteiger partial charge in [0, 0.05) is 29.9 Å². The molecule has 3 aliphatic rings. The van der Waals surface area contributed by atoms with E-state index in [0.29, 0.717) is 5.92 Å². The van der Waals surface area contributed by atoms with Crippen molar-refractivity contribution in [1.82, 2.24) is 9.38 Å². The molecule has 0 saturated heterocycles. The van der Waals surface area contributed by atoms with Crippen LogP contribution in [0, 0.1) is 11.3 Å². The third kappa shape index (κ3) is 1.13. The molecule has 106 valence electrons. The van der Waals surface area contributed by atoms with E-state index < -0.39 is 0 Å². The maximum absolute atomic E-state index is 6.20. The number of benzene rings is 1. The number of amidine groups is 1. The zero-order valence-corrected chi connectivity index (χ0v) is 11.9. The topological polar surface area (TPSA) is 55.7 Å². The molecule has 1 aliphatic heterocycles. The SMILES string of the molecule is NC1=Nc2cc(-c3ccc4nccn4c3)ccc2[C@H]2C3CC132. The molecule has 1 aromatic carbocycles. The van der Waals surface area contributed by atoms with Gasteiger partial charge in [0.1, 0.15) is 11.5 Å². The molecule has 4 heteroatoms. The van der Waals surface area contributed by atoms with Crippen LogP contribution < -0.4 is 5.73 Å². The van der Waals surface area contributed by atoms with Crippen LogP contribution >= 0.6 is 0 Å². The number of aromatic nitrogens is 2. The lowest BCUT2D eigenvalue weighted by molar-refractivity contribution is 0.704. The van der Waals surface area contributed by atoms with Crippen molar-refractivity contribution in [3.05, 3.63) is 54.5 Å².